The number of carbonyl (C=O) groups excluding carboxylic acids is 1. The first-order valence-electron chi connectivity index (χ1n) is 6.84. The van der Waals surface area contributed by atoms with Crippen molar-refractivity contribution in [1.29, 1.82) is 0 Å². The first-order valence-corrected chi connectivity index (χ1v) is 6.84. The van der Waals surface area contributed by atoms with Crippen molar-refractivity contribution in [2.45, 2.75) is 77.9 Å². The highest BCUT2D eigenvalue weighted by Gasteiger charge is 2.25. The first-order chi connectivity index (χ1) is 7.65. The number of carbonyl (C=O) groups is 1. The predicted molar refractivity (Wildman–Crippen MR) is 66.5 cm³/mol. The van der Waals surface area contributed by atoms with E-state index in [1.54, 1.807) is 0 Å². The number of rotatable bonds is 6. The second kappa shape index (κ2) is 7.05. The van der Waals surface area contributed by atoms with Gasteiger partial charge in [0.1, 0.15) is 6.10 Å². The zero-order valence-electron chi connectivity index (χ0n) is 11.0. The highest BCUT2D eigenvalue weighted by Crippen LogP contribution is 2.23. The van der Waals surface area contributed by atoms with Crippen LogP contribution in [0.1, 0.15) is 65.7 Å². The van der Waals surface area contributed by atoms with Crippen molar-refractivity contribution in [2.75, 3.05) is 0 Å². The van der Waals surface area contributed by atoms with Crippen molar-refractivity contribution >= 4 is 5.78 Å². The molecule has 0 heterocycles. The van der Waals surface area contributed by atoms with Crippen LogP contribution in [0.2, 0.25) is 0 Å². The van der Waals surface area contributed by atoms with Crippen molar-refractivity contribution in [3.05, 3.63) is 0 Å². The lowest BCUT2D eigenvalue weighted by Gasteiger charge is -2.27. The van der Waals surface area contributed by atoms with Crippen LogP contribution in [0.15, 0.2) is 0 Å². The lowest BCUT2D eigenvalue weighted by Crippen LogP contribution is -2.33. The smallest absolute Gasteiger partial charge is 0.164 e. The largest absolute Gasteiger partial charge is 0.367 e. The van der Waals surface area contributed by atoms with E-state index in [1.165, 1.54) is 19.3 Å². The van der Waals surface area contributed by atoms with E-state index in [0.29, 0.717) is 6.10 Å². The molecular formula is C14H26O2. The third kappa shape index (κ3) is 4.25. The van der Waals surface area contributed by atoms with Gasteiger partial charge in [-0.2, -0.15) is 0 Å². The van der Waals surface area contributed by atoms with Crippen LogP contribution in [0.4, 0.5) is 0 Å². The summed E-state index contributed by atoms with van der Waals surface area (Å²) in [6, 6.07) is 0. The van der Waals surface area contributed by atoms with E-state index in [1.807, 2.05) is 13.8 Å². The third-order valence-corrected chi connectivity index (χ3v) is 3.35. The lowest BCUT2D eigenvalue weighted by molar-refractivity contribution is -0.139. The molecule has 1 rings (SSSR count). The molecule has 0 bridgehead atoms. The molecule has 1 aliphatic carbocycles. The van der Waals surface area contributed by atoms with Crippen molar-refractivity contribution in [3.8, 4) is 0 Å². The second-order valence-corrected chi connectivity index (χ2v) is 5.23. The molecule has 0 amide bonds. The Morgan fingerprint density at radius 3 is 2.38 bits per heavy atom. The molecule has 0 aliphatic heterocycles. The van der Waals surface area contributed by atoms with Crippen LogP contribution in [0.3, 0.4) is 0 Å². The minimum Gasteiger partial charge on any atom is -0.367 e. The molecule has 1 saturated carbocycles. The standard InChI is InChI=1S/C14H26O2/c1-4-8-13(14(15)11(2)3)16-12-9-6-5-7-10-12/h11-13H,4-10H2,1-3H3/t13-/m1/s1. The Morgan fingerprint density at radius 1 is 1.25 bits per heavy atom. The van der Waals surface area contributed by atoms with Crippen LogP contribution in [-0.2, 0) is 9.53 Å². The fourth-order valence-corrected chi connectivity index (χ4v) is 2.34. The number of ether oxygens (including phenoxy) is 1. The minimum absolute atomic E-state index is 0.0974. The Balaban J connectivity index is 2.45. The van der Waals surface area contributed by atoms with Gasteiger partial charge in [0.25, 0.3) is 0 Å². The minimum atomic E-state index is -0.145. The zero-order chi connectivity index (χ0) is 12.0. The van der Waals surface area contributed by atoms with Gasteiger partial charge in [-0.3, -0.25) is 4.79 Å². The topological polar surface area (TPSA) is 26.3 Å². The maximum Gasteiger partial charge on any atom is 0.164 e. The van der Waals surface area contributed by atoms with E-state index in [0.717, 1.165) is 25.7 Å². The normalized spacial score (nSPS) is 20.0. The van der Waals surface area contributed by atoms with Gasteiger partial charge in [0.05, 0.1) is 6.10 Å². The highest BCUT2D eigenvalue weighted by molar-refractivity contribution is 5.84. The maximum absolute atomic E-state index is 12.0. The summed E-state index contributed by atoms with van der Waals surface area (Å²) in [4.78, 5) is 12.0. The van der Waals surface area contributed by atoms with Crippen LogP contribution in [0, 0.1) is 5.92 Å². The number of hydrogen-bond donors (Lipinski definition) is 0. The van der Waals surface area contributed by atoms with Crippen molar-refractivity contribution in [2.24, 2.45) is 5.92 Å². The van der Waals surface area contributed by atoms with E-state index in [-0.39, 0.29) is 17.8 Å². The Labute approximate surface area is 99.8 Å². The van der Waals surface area contributed by atoms with Gasteiger partial charge in [0.2, 0.25) is 0 Å². The summed E-state index contributed by atoms with van der Waals surface area (Å²) in [7, 11) is 0. The summed E-state index contributed by atoms with van der Waals surface area (Å²) in [5.74, 6) is 0.382. The first kappa shape index (κ1) is 13.7. The van der Waals surface area contributed by atoms with Crippen LogP contribution in [0.25, 0.3) is 0 Å². The second-order valence-electron chi connectivity index (χ2n) is 5.23. The Hall–Kier alpha value is -0.370. The van der Waals surface area contributed by atoms with Crippen LogP contribution in [-0.4, -0.2) is 18.0 Å². The van der Waals surface area contributed by atoms with E-state index >= 15 is 0 Å². The number of hydrogen-bond acceptors (Lipinski definition) is 2. The fraction of sp³-hybridized carbons (Fsp3) is 0.929. The molecule has 2 heteroatoms. The zero-order valence-corrected chi connectivity index (χ0v) is 11.0. The molecular weight excluding hydrogens is 200 g/mol. The Bertz CT molecular complexity index is 205. The average Bonchev–Trinajstić information content (AvgIpc) is 2.29. The SMILES string of the molecule is CCC[C@@H](OC1CCCCC1)C(=O)C(C)C. The van der Waals surface area contributed by atoms with Crippen LogP contribution < -0.4 is 0 Å². The van der Waals surface area contributed by atoms with Gasteiger partial charge in [0, 0.05) is 5.92 Å². The van der Waals surface area contributed by atoms with Crippen molar-refractivity contribution < 1.29 is 9.53 Å². The van der Waals surface area contributed by atoms with E-state index in [2.05, 4.69) is 6.92 Å². The summed E-state index contributed by atoms with van der Waals surface area (Å²) in [6.45, 7) is 6.05. The van der Waals surface area contributed by atoms with Crippen molar-refractivity contribution in [1.82, 2.24) is 0 Å². The van der Waals surface area contributed by atoms with E-state index < -0.39 is 0 Å². The van der Waals surface area contributed by atoms with Gasteiger partial charge in [-0.25, -0.2) is 0 Å². The molecule has 1 aliphatic rings. The van der Waals surface area contributed by atoms with Crippen molar-refractivity contribution in [3.63, 3.8) is 0 Å². The molecule has 0 unspecified atom stereocenters. The maximum atomic E-state index is 12.0. The molecule has 16 heavy (non-hydrogen) atoms. The Kier molecular flexibility index (Phi) is 6.04. The van der Waals surface area contributed by atoms with Crippen LogP contribution in [0.5, 0.6) is 0 Å². The molecule has 0 aromatic rings. The molecule has 0 N–H and O–H groups in total. The van der Waals surface area contributed by atoms with E-state index in [9.17, 15) is 4.79 Å². The quantitative estimate of drug-likeness (QED) is 0.690. The summed E-state index contributed by atoms with van der Waals surface area (Å²) >= 11 is 0. The summed E-state index contributed by atoms with van der Waals surface area (Å²) in [5, 5.41) is 0. The fourth-order valence-electron chi connectivity index (χ4n) is 2.34. The molecule has 0 aromatic carbocycles. The molecule has 94 valence electrons. The van der Waals surface area contributed by atoms with Gasteiger partial charge in [-0.15, -0.1) is 0 Å². The third-order valence-electron chi connectivity index (χ3n) is 3.35. The van der Waals surface area contributed by atoms with Gasteiger partial charge in [-0.05, 0) is 19.3 Å². The molecule has 0 aromatic heterocycles. The van der Waals surface area contributed by atoms with Gasteiger partial charge >= 0.3 is 0 Å². The number of ketones is 1. The van der Waals surface area contributed by atoms with Crippen LogP contribution >= 0.6 is 0 Å². The monoisotopic (exact) mass is 226 g/mol. The van der Waals surface area contributed by atoms with Gasteiger partial charge in [-0.1, -0.05) is 46.5 Å². The van der Waals surface area contributed by atoms with Gasteiger partial charge in [0.15, 0.2) is 5.78 Å². The molecule has 2 nitrogen and oxygen atoms in total. The lowest BCUT2D eigenvalue weighted by atomic mass is 9.96. The molecule has 1 atom stereocenters. The molecule has 0 spiro atoms. The molecule has 0 radical (unpaired) electrons. The summed E-state index contributed by atoms with van der Waals surface area (Å²) in [6.07, 6.45) is 8.25. The number of Topliss-reactive ketones (excluding diaryl/α,β-unsaturated/α-hetero) is 1. The molecule has 1 fully saturated rings. The van der Waals surface area contributed by atoms with E-state index in [4.69, 9.17) is 4.74 Å². The summed E-state index contributed by atoms with van der Waals surface area (Å²) < 4.78 is 6.01. The highest BCUT2D eigenvalue weighted by atomic mass is 16.5. The van der Waals surface area contributed by atoms with Gasteiger partial charge < -0.3 is 4.74 Å². The predicted octanol–water partition coefficient (Wildman–Crippen LogP) is 3.73. The average molecular weight is 226 g/mol. The molecule has 0 saturated heterocycles. The Morgan fingerprint density at radius 2 is 1.88 bits per heavy atom. The summed E-state index contributed by atoms with van der Waals surface area (Å²) in [5.41, 5.74) is 0.